The fourth-order valence-electron chi connectivity index (χ4n) is 4.95. The zero-order chi connectivity index (χ0) is 25.9. The molecule has 2 heterocycles. The second-order valence-corrected chi connectivity index (χ2v) is 9.62. The molecule has 0 bridgehead atoms. The van der Waals surface area contributed by atoms with Crippen LogP contribution in [0.5, 0.6) is 0 Å². The van der Waals surface area contributed by atoms with Crippen LogP contribution in [0.2, 0.25) is 5.02 Å². The summed E-state index contributed by atoms with van der Waals surface area (Å²) in [6.45, 7) is 4.70. The van der Waals surface area contributed by atoms with Crippen molar-refractivity contribution in [2.45, 2.75) is 44.4 Å². The lowest BCUT2D eigenvalue weighted by Gasteiger charge is -2.39. The van der Waals surface area contributed by atoms with Crippen molar-refractivity contribution in [3.05, 3.63) is 80.1 Å². The van der Waals surface area contributed by atoms with Crippen LogP contribution >= 0.6 is 11.6 Å². The van der Waals surface area contributed by atoms with Crippen LogP contribution < -0.4 is 10.9 Å². The van der Waals surface area contributed by atoms with Gasteiger partial charge in [-0.25, -0.2) is 0 Å². The molecule has 2 N–H and O–H groups in total. The largest absolute Gasteiger partial charge is 0.416 e. The molecule has 1 atom stereocenters. The third-order valence-corrected chi connectivity index (χ3v) is 7.24. The van der Waals surface area contributed by atoms with Gasteiger partial charge in [-0.15, -0.1) is 0 Å². The third-order valence-electron chi connectivity index (χ3n) is 6.89. The van der Waals surface area contributed by atoms with Gasteiger partial charge in [0, 0.05) is 48.9 Å². The third kappa shape index (κ3) is 5.94. The molecular formula is C27H31ClF3N3O2. The van der Waals surface area contributed by atoms with Gasteiger partial charge in [0.05, 0.1) is 18.2 Å². The van der Waals surface area contributed by atoms with Crippen LogP contribution in [-0.2, 0) is 17.3 Å². The summed E-state index contributed by atoms with van der Waals surface area (Å²) in [5, 5.41) is 4.62. The van der Waals surface area contributed by atoms with E-state index in [9.17, 15) is 18.0 Å². The molecule has 1 aliphatic heterocycles. The fourth-order valence-corrected chi connectivity index (χ4v) is 5.17. The van der Waals surface area contributed by atoms with E-state index in [0.29, 0.717) is 53.8 Å². The highest BCUT2D eigenvalue weighted by molar-refractivity contribution is 6.31. The number of pyridine rings is 1. The average molecular weight is 522 g/mol. The first-order valence-electron chi connectivity index (χ1n) is 12.2. The molecule has 5 nitrogen and oxygen atoms in total. The van der Waals surface area contributed by atoms with E-state index in [0.717, 1.165) is 36.4 Å². The summed E-state index contributed by atoms with van der Waals surface area (Å²) in [6, 6.07) is 10.9. The SMILES string of the molecule is CCc1cc2cc(C(c3cc(C(F)(F)F)ccc3Cl)N3CCC(NCCOC)CC3)ccc2[nH]c1=O. The first-order chi connectivity index (χ1) is 17.2. The number of fused-ring (bicyclic) bond motifs is 1. The van der Waals surface area contributed by atoms with E-state index in [1.165, 1.54) is 12.1 Å². The van der Waals surface area contributed by atoms with Crippen molar-refractivity contribution in [3.63, 3.8) is 0 Å². The van der Waals surface area contributed by atoms with E-state index >= 15 is 0 Å². The molecule has 1 unspecified atom stereocenters. The molecule has 3 aromatic rings. The van der Waals surface area contributed by atoms with Gasteiger partial charge in [0.25, 0.3) is 5.56 Å². The summed E-state index contributed by atoms with van der Waals surface area (Å²) < 4.78 is 46.0. The molecule has 36 heavy (non-hydrogen) atoms. The van der Waals surface area contributed by atoms with E-state index in [2.05, 4.69) is 15.2 Å². The van der Waals surface area contributed by atoms with Crippen molar-refractivity contribution in [3.8, 4) is 0 Å². The summed E-state index contributed by atoms with van der Waals surface area (Å²) in [5.74, 6) is 0. The molecule has 1 aliphatic rings. The quantitative estimate of drug-likeness (QED) is 0.381. The Bertz CT molecular complexity index is 1250. The highest BCUT2D eigenvalue weighted by Gasteiger charge is 2.34. The lowest BCUT2D eigenvalue weighted by molar-refractivity contribution is -0.137. The Morgan fingerprint density at radius 2 is 1.92 bits per heavy atom. The number of nitrogens with one attached hydrogen (secondary N) is 2. The number of methoxy groups -OCH3 is 1. The number of benzene rings is 2. The Labute approximate surface area is 213 Å². The minimum Gasteiger partial charge on any atom is -0.383 e. The number of hydrogen-bond donors (Lipinski definition) is 2. The summed E-state index contributed by atoms with van der Waals surface area (Å²) in [5.41, 5.74) is 1.77. The lowest BCUT2D eigenvalue weighted by atomic mass is 9.91. The maximum absolute atomic E-state index is 13.6. The number of aromatic amines is 1. The molecule has 0 radical (unpaired) electrons. The van der Waals surface area contributed by atoms with Crippen molar-refractivity contribution in [2.24, 2.45) is 0 Å². The van der Waals surface area contributed by atoms with Crippen LogP contribution in [0.4, 0.5) is 13.2 Å². The Kier molecular flexibility index (Phi) is 8.40. The zero-order valence-corrected chi connectivity index (χ0v) is 21.2. The van der Waals surface area contributed by atoms with Gasteiger partial charge in [-0.1, -0.05) is 24.6 Å². The summed E-state index contributed by atoms with van der Waals surface area (Å²) in [4.78, 5) is 17.4. The second-order valence-electron chi connectivity index (χ2n) is 9.22. The molecule has 1 fully saturated rings. The van der Waals surface area contributed by atoms with Gasteiger partial charge < -0.3 is 15.0 Å². The molecule has 0 spiro atoms. The van der Waals surface area contributed by atoms with E-state index in [1.807, 2.05) is 31.2 Å². The minimum absolute atomic E-state index is 0.127. The van der Waals surface area contributed by atoms with Gasteiger partial charge in [-0.05, 0) is 72.2 Å². The molecular weight excluding hydrogens is 491 g/mol. The molecule has 1 saturated heterocycles. The number of alkyl halides is 3. The predicted octanol–water partition coefficient (Wildman–Crippen LogP) is 5.55. The van der Waals surface area contributed by atoms with Crippen LogP contribution in [0.25, 0.3) is 10.9 Å². The number of hydrogen-bond acceptors (Lipinski definition) is 4. The van der Waals surface area contributed by atoms with Gasteiger partial charge in [0.1, 0.15) is 0 Å². The van der Waals surface area contributed by atoms with E-state index in [-0.39, 0.29) is 5.56 Å². The number of likely N-dealkylation sites (tertiary alicyclic amines) is 1. The Morgan fingerprint density at radius 3 is 2.58 bits per heavy atom. The van der Waals surface area contributed by atoms with Crippen LogP contribution in [0.15, 0.2) is 47.3 Å². The number of piperidine rings is 1. The summed E-state index contributed by atoms with van der Waals surface area (Å²) in [7, 11) is 1.66. The molecule has 0 amide bonds. The normalized spacial score (nSPS) is 16.5. The van der Waals surface area contributed by atoms with Crippen LogP contribution in [0, 0.1) is 0 Å². The molecule has 0 saturated carbocycles. The summed E-state index contributed by atoms with van der Waals surface area (Å²) in [6.07, 6.45) is -2.17. The van der Waals surface area contributed by atoms with Gasteiger partial charge in [-0.3, -0.25) is 9.69 Å². The number of ether oxygens (including phenoxy) is 1. The van der Waals surface area contributed by atoms with Crippen molar-refractivity contribution >= 4 is 22.5 Å². The average Bonchev–Trinajstić information content (AvgIpc) is 2.85. The molecule has 2 aromatic carbocycles. The number of rotatable bonds is 8. The standard InChI is InChI=1S/C27H31ClF3N3O2/c1-3-17-14-19-15-18(4-7-24(19)33-26(17)35)25(22-16-20(27(29,30)31)5-6-23(22)28)34-11-8-21(9-12-34)32-10-13-36-2/h4-7,14-16,21,25,32H,3,8-13H2,1-2H3,(H,33,35). The maximum Gasteiger partial charge on any atom is 0.416 e. The fraction of sp³-hybridized carbons (Fsp3) is 0.444. The number of aromatic nitrogens is 1. The summed E-state index contributed by atoms with van der Waals surface area (Å²) >= 11 is 6.54. The maximum atomic E-state index is 13.6. The first kappa shape index (κ1) is 26.7. The molecule has 4 rings (SSSR count). The Hall–Kier alpha value is -2.39. The Balaban J connectivity index is 1.74. The van der Waals surface area contributed by atoms with E-state index < -0.39 is 17.8 Å². The van der Waals surface area contributed by atoms with Crippen molar-refractivity contribution < 1.29 is 17.9 Å². The van der Waals surface area contributed by atoms with E-state index in [1.54, 1.807) is 7.11 Å². The number of nitrogens with zero attached hydrogens (tertiary/aromatic N) is 1. The van der Waals surface area contributed by atoms with Crippen LogP contribution in [-0.4, -0.2) is 49.3 Å². The van der Waals surface area contributed by atoms with Gasteiger partial charge in [-0.2, -0.15) is 13.2 Å². The highest BCUT2D eigenvalue weighted by atomic mass is 35.5. The lowest BCUT2D eigenvalue weighted by Crippen LogP contribution is -2.44. The molecule has 9 heteroatoms. The zero-order valence-electron chi connectivity index (χ0n) is 20.4. The smallest absolute Gasteiger partial charge is 0.383 e. The van der Waals surface area contributed by atoms with Gasteiger partial charge >= 0.3 is 6.18 Å². The van der Waals surface area contributed by atoms with Crippen molar-refractivity contribution in [1.29, 1.82) is 0 Å². The Morgan fingerprint density at radius 1 is 1.17 bits per heavy atom. The van der Waals surface area contributed by atoms with Crippen LogP contribution in [0.1, 0.15) is 48.1 Å². The number of H-pyrrole nitrogens is 1. The van der Waals surface area contributed by atoms with Crippen molar-refractivity contribution in [1.82, 2.24) is 15.2 Å². The minimum atomic E-state index is -4.47. The van der Waals surface area contributed by atoms with Crippen molar-refractivity contribution in [2.75, 3.05) is 33.4 Å². The molecule has 1 aromatic heterocycles. The number of halogens is 4. The highest BCUT2D eigenvalue weighted by Crippen LogP contribution is 2.39. The first-order valence-corrected chi connectivity index (χ1v) is 12.6. The molecule has 194 valence electrons. The molecule has 0 aliphatic carbocycles. The topological polar surface area (TPSA) is 57.4 Å². The monoisotopic (exact) mass is 521 g/mol. The van der Waals surface area contributed by atoms with Gasteiger partial charge in [0.15, 0.2) is 0 Å². The van der Waals surface area contributed by atoms with Gasteiger partial charge in [0.2, 0.25) is 0 Å². The van der Waals surface area contributed by atoms with Crippen LogP contribution in [0.3, 0.4) is 0 Å². The van der Waals surface area contributed by atoms with E-state index in [4.69, 9.17) is 16.3 Å². The second kappa shape index (κ2) is 11.3. The number of aryl methyl sites for hydroxylation is 1. The predicted molar refractivity (Wildman–Crippen MR) is 137 cm³/mol.